The second-order valence-corrected chi connectivity index (χ2v) is 5.95. The largest absolute Gasteiger partial charge is 0.343 e. The first-order valence-electron chi connectivity index (χ1n) is 5.97. The predicted molar refractivity (Wildman–Crippen MR) is 79.3 cm³/mol. The fourth-order valence-corrected chi connectivity index (χ4v) is 3.10. The summed E-state index contributed by atoms with van der Waals surface area (Å²) >= 11 is 4.88. The van der Waals surface area contributed by atoms with Crippen LogP contribution in [-0.2, 0) is 13.1 Å². The number of nitrogens with one attached hydrogen (secondary N) is 1. The van der Waals surface area contributed by atoms with Gasteiger partial charge in [0.15, 0.2) is 5.16 Å². The van der Waals surface area contributed by atoms with E-state index in [-0.39, 0.29) is 5.69 Å². The lowest BCUT2D eigenvalue weighted by Gasteiger charge is -2.08. The van der Waals surface area contributed by atoms with E-state index in [1.807, 2.05) is 25.1 Å². The van der Waals surface area contributed by atoms with Gasteiger partial charge >= 0.3 is 5.69 Å². The molecule has 19 heavy (non-hydrogen) atoms. The van der Waals surface area contributed by atoms with Crippen molar-refractivity contribution in [3.8, 4) is 0 Å². The van der Waals surface area contributed by atoms with Crippen LogP contribution in [0.3, 0.4) is 0 Å². The molecule has 0 saturated carbocycles. The molecule has 0 aliphatic carbocycles. The van der Waals surface area contributed by atoms with Crippen LogP contribution in [0.25, 0.3) is 0 Å². The Balaban J connectivity index is 2.33. The van der Waals surface area contributed by atoms with Crippen LogP contribution >= 0.6 is 27.7 Å². The van der Waals surface area contributed by atoms with Crippen molar-refractivity contribution in [3.05, 3.63) is 38.7 Å². The van der Waals surface area contributed by atoms with Gasteiger partial charge in [0, 0.05) is 22.5 Å². The first-order valence-corrected chi connectivity index (χ1v) is 7.58. The summed E-state index contributed by atoms with van der Waals surface area (Å²) in [5, 5.41) is 7.22. The maximum Gasteiger partial charge on any atom is 0.343 e. The van der Waals surface area contributed by atoms with Crippen LogP contribution in [0.4, 0.5) is 0 Å². The lowest BCUT2D eigenvalue weighted by molar-refractivity contribution is 0.604. The number of nitrogens with two attached hydrogens (primary N) is 1. The number of halogens is 1. The standard InChI is InChI=1S/C12H15BrN4OS/c1-2-5-17-11(18)15-16-12(17)19-10-4-3-9(13)6-8(10)7-14/h3-4,6H,2,5,7,14H2,1H3,(H,15,18). The molecule has 102 valence electrons. The normalized spacial score (nSPS) is 10.9. The van der Waals surface area contributed by atoms with Gasteiger partial charge < -0.3 is 5.73 Å². The number of rotatable bonds is 5. The van der Waals surface area contributed by atoms with E-state index in [4.69, 9.17) is 5.73 Å². The maximum atomic E-state index is 11.6. The second-order valence-electron chi connectivity index (χ2n) is 4.02. The van der Waals surface area contributed by atoms with Gasteiger partial charge in [0.25, 0.3) is 0 Å². The van der Waals surface area contributed by atoms with E-state index < -0.39 is 0 Å². The van der Waals surface area contributed by atoms with Crippen LogP contribution in [0, 0.1) is 0 Å². The van der Waals surface area contributed by atoms with Crippen LogP contribution in [0.5, 0.6) is 0 Å². The van der Waals surface area contributed by atoms with E-state index in [2.05, 4.69) is 26.1 Å². The molecule has 3 N–H and O–H groups in total. The number of nitrogens with zero attached hydrogens (tertiary/aromatic N) is 2. The van der Waals surface area contributed by atoms with Crippen LogP contribution in [0.1, 0.15) is 18.9 Å². The first kappa shape index (κ1) is 14.4. The summed E-state index contributed by atoms with van der Waals surface area (Å²) in [6.07, 6.45) is 0.886. The molecule has 0 atom stereocenters. The van der Waals surface area contributed by atoms with Crippen molar-refractivity contribution in [2.45, 2.75) is 36.5 Å². The predicted octanol–water partition coefficient (Wildman–Crippen LogP) is 2.35. The van der Waals surface area contributed by atoms with Crippen LogP contribution in [0.15, 0.2) is 37.5 Å². The number of benzene rings is 1. The zero-order chi connectivity index (χ0) is 13.8. The second kappa shape index (κ2) is 6.40. The molecule has 0 aliphatic heterocycles. The van der Waals surface area contributed by atoms with Gasteiger partial charge in [-0.3, -0.25) is 4.57 Å². The van der Waals surface area contributed by atoms with Gasteiger partial charge in [0.05, 0.1) is 0 Å². The highest BCUT2D eigenvalue weighted by atomic mass is 79.9. The van der Waals surface area contributed by atoms with E-state index in [1.165, 1.54) is 11.8 Å². The van der Waals surface area contributed by atoms with Gasteiger partial charge in [0.1, 0.15) is 0 Å². The third-order valence-corrected chi connectivity index (χ3v) is 4.22. The lowest BCUT2D eigenvalue weighted by Crippen LogP contribution is -2.17. The third-order valence-electron chi connectivity index (χ3n) is 2.61. The number of aromatic nitrogens is 3. The molecular formula is C12H15BrN4OS. The highest BCUT2D eigenvalue weighted by Crippen LogP contribution is 2.30. The van der Waals surface area contributed by atoms with E-state index in [1.54, 1.807) is 4.57 Å². The van der Waals surface area contributed by atoms with Crippen molar-refractivity contribution >= 4 is 27.7 Å². The summed E-state index contributed by atoms with van der Waals surface area (Å²) < 4.78 is 2.64. The Labute approximate surface area is 123 Å². The minimum atomic E-state index is -0.171. The summed E-state index contributed by atoms with van der Waals surface area (Å²) in [5.74, 6) is 0. The molecule has 2 aromatic rings. The summed E-state index contributed by atoms with van der Waals surface area (Å²) in [4.78, 5) is 12.6. The van der Waals surface area contributed by atoms with Gasteiger partial charge in [-0.2, -0.15) is 0 Å². The number of hydrogen-bond donors (Lipinski definition) is 2. The average molecular weight is 343 g/mol. The number of hydrogen-bond acceptors (Lipinski definition) is 4. The smallest absolute Gasteiger partial charge is 0.326 e. The molecule has 0 spiro atoms. The highest BCUT2D eigenvalue weighted by molar-refractivity contribution is 9.10. The van der Waals surface area contributed by atoms with Crippen molar-refractivity contribution in [2.75, 3.05) is 0 Å². The third kappa shape index (κ3) is 3.29. The summed E-state index contributed by atoms with van der Waals surface area (Å²) in [6, 6.07) is 5.92. The van der Waals surface area contributed by atoms with E-state index in [0.29, 0.717) is 18.2 Å². The Bertz CT molecular complexity index is 622. The van der Waals surface area contributed by atoms with Gasteiger partial charge in [-0.25, -0.2) is 9.89 Å². The van der Waals surface area contributed by atoms with Crippen molar-refractivity contribution in [2.24, 2.45) is 5.73 Å². The zero-order valence-electron chi connectivity index (χ0n) is 10.5. The SMILES string of the molecule is CCCn1c(Sc2ccc(Br)cc2CN)n[nH]c1=O. The highest BCUT2D eigenvalue weighted by Gasteiger charge is 2.11. The minimum Gasteiger partial charge on any atom is -0.326 e. The maximum absolute atomic E-state index is 11.6. The minimum absolute atomic E-state index is 0.171. The van der Waals surface area contributed by atoms with Crippen LogP contribution < -0.4 is 11.4 Å². The molecular weight excluding hydrogens is 328 g/mol. The summed E-state index contributed by atoms with van der Waals surface area (Å²) in [7, 11) is 0. The zero-order valence-corrected chi connectivity index (χ0v) is 12.9. The Morgan fingerprint density at radius 2 is 2.32 bits per heavy atom. The molecule has 7 heteroatoms. The average Bonchev–Trinajstić information content (AvgIpc) is 2.74. The quantitative estimate of drug-likeness (QED) is 0.874. The van der Waals surface area contributed by atoms with Gasteiger partial charge in [-0.15, -0.1) is 5.10 Å². The van der Waals surface area contributed by atoms with Gasteiger partial charge in [-0.1, -0.05) is 22.9 Å². The van der Waals surface area contributed by atoms with Crippen molar-refractivity contribution in [1.29, 1.82) is 0 Å². The molecule has 0 amide bonds. The number of H-pyrrole nitrogens is 1. The van der Waals surface area contributed by atoms with E-state index >= 15 is 0 Å². The Morgan fingerprint density at radius 3 is 3.00 bits per heavy atom. The molecule has 1 heterocycles. The fourth-order valence-electron chi connectivity index (χ4n) is 1.71. The van der Waals surface area contributed by atoms with Crippen molar-refractivity contribution in [3.63, 3.8) is 0 Å². The first-order chi connectivity index (χ1) is 9.15. The van der Waals surface area contributed by atoms with Crippen LogP contribution in [0.2, 0.25) is 0 Å². The van der Waals surface area contributed by atoms with Gasteiger partial charge in [0.2, 0.25) is 0 Å². The number of aromatic amines is 1. The van der Waals surface area contributed by atoms with Gasteiger partial charge in [-0.05, 0) is 41.9 Å². The molecule has 0 unspecified atom stereocenters. The lowest BCUT2D eigenvalue weighted by atomic mass is 10.2. The molecule has 0 bridgehead atoms. The van der Waals surface area contributed by atoms with Crippen molar-refractivity contribution < 1.29 is 0 Å². The Kier molecular flexibility index (Phi) is 4.84. The Hall–Kier alpha value is -1.05. The molecule has 0 fully saturated rings. The molecule has 1 aromatic carbocycles. The fraction of sp³-hybridized carbons (Fsp3) is 0.333. The molecule has 1 aromatic heterocycles. The molecule has 2 rings (SSSR count). The molecule has 0 radical (unpaired) electrons. The molecule has 0 saturated heterocycles. The Morgan fingerprint density at radius 1 is 1.53 bits per heavy atom. The van der Waals surface area contributed by atoms with Crippen molar-refractivity contribution in [1.82, 2.24) is 14.8 Å². The van der Waals surface area contributed by atoms with E-state index in [9.17, 15) is 4.79 Å². The summed E-state index contributed by atoms with van der Waals surface area (Å²) in [5.41, 5.74) is 6.60. The molecule has 5 nitrogen and oxygen atoms in total. The summed E-state index contributed by atoms with van der Waals surface area (Å²) in [6.45, 7) is 3.13. The topological polar surface area (TPSA) is 76.7 Å². The van der Waals surface area contributed by atoms with Crippen LogP contribution in [-0.4, -0.2) is 14.8 Å². The molecule has 0 aliphatic rings. The monoisotopic (exact) mass is 342 g/mol. The van der Waals surface area contributed by atoms with E-state index in [0.717, 1.165) is 21.4 Å².